The number of aromatic nitrogens is 1. The second-order valence-corrected chi connectivity index (χ2v) is 9.62. The number of anilines is 3. The van der Waals surface area contributed by atoms with E-state index >= 15 is 0 Å². The van der Waals surface area contributed by atoms with Crippen LogP contribution in [0.1, 0.15) is 0 Å². The maximum absolute atomic E-state index is 2.42. The summed E-state index contributed by atoms with van der Waals surface area (Å²) in [5.41, 5.74) is 7.09. The van der Waals surface area contributed by atoms with Crippen molar-refractivity contribution in [2.45, 2.75) is 0 Å². The largest absolute Gasteiger partial charge is 0.311 e. The van der Waals surface area contributed by atoms with E-state index in [-0.39, 0.29) is 0 Å². The molecule has 0 aliphatic carbocycles. The molecule has 0 saturated heterocycles. The van der Waals surface area contributed by atoms with E-state index in [0.717, 1.165) is 17.1 Å². The molecule has 0 atom stereocenters. The van der Waals surface area contributed by atoms with Crippen LogP contribution in [0.3, 0.4) is 0 Å². The fourth-order valence-electron chi connectivity index (χ4n) is 5.12. The zero-order valence-electron chi connectivity index (χ0n) is 19.0. The Kier molecular flexibility index (Phi) is 4.68. The van der Waals surface area contributed by atoms with Gasteiger partial charge >= 0.3 is 0 Å². The number of rotatable bonds is 4. The number of para-hydroxylation sites is 3. The lowest BCUT2D eigenvalue weighted by atomic mass is 10.1. The Bertz CT molecular complexity index is 1740. The summed E-state index contributed by atoms with van der Waals surface area (Å²) in [5.74, 6) is 0. The summed E-state index contributed by atoms with van der Waals surface area (Å²) >= 11 is 1.80. The molecule has 7 aromatic rings. The van der Waals surface area contributed by atoms with Crippen molar-refractivity contribution in [2.24, 2.45) is 0 Å². The summed E-state index contributed by atoms with van der Waals surface area (Å²) in [7, 11) is 0. The number of fused-ring (bicyclic) bond motifs is 5. The zero-order chi connectivity index (χ0) is 23.2. The molecule has 166 valence electrons. The van der Waals surface area contributed by atoms with Gasteiger partial charge in [0.15, 0.2) is 0 Å². The van der Waals surface area contributed by atoms with E-state index in [2.05, 4.69) is 142 Å². The highest BCUT2D eigenvalue weighted by atomic mass is 32.1. The minimum Gasteiger partial charge on any atom is -0.311 e. The standard InChI is InChI=1S/C32H22N2S/c1-3-9-23(10-4-1)33(24-11-5-2-6-12-24)25-15-17-26(18-16-25)34-30-14-8-7-13-27(30)28-19-20-31-29(32(28)34)21-22-35-31/h1-22H. The van der Waals surface area contributed by atoms with Gasteiger partial charge in [-0.1, -0.05) is 60.7 Å². The molecule has 0 unspecified atom stereocenters. The molecule has 7 rings (SSSR count). The number of hydrogen-bond acceptors (Lipinski definition) is 2. The summed E-state index contributed by atoms with van der Waals surface area (Å²) in [4.78, 5) is 2.30. The van der Waals surface area contributed by atoms with Gasteiger partial charge in [0.05, 0.1) is 11.0 Å². The lowest BCUT2D eigenvalue weighted by molar-refractivity contribution is 1.18. The van der Waals surface area contributed by atoms with E-state index in [1.807, 2.05) is 0 Å². The summed E-state index contributed by atoms with van der Waals surface area (Å²) in [6.07, 6.45) is 0. The van der Waals surface area contributed by atoms with E-state index in [4.69, 9.17) is 0 Å². The van der Waals surface area contributed by atoms with Crippen molar-refractivity contribution in [2.75, 3.05) is 4.90 Å². The molecule has 0 amide bonds. The second-order valence-electron chi connectivity index (χ2n) is 8.67. The van der Waals surface area contributed by atoms with Crippen LogP contribution >= 0.6 is 11.3 Å². The first-order valence-corrected chi connectivity index (χ1v) is 12.7. The van der Waals surface area contributed by atoms with Gasteiger partial charge in [0, 0.05) is 43.6 Å². The lowest BCUT2D eigenvalue weighted by Gasteiger charge is -2.25. The molecule has 35 heavy (non-hydrogen) atoms. The Morgan fingerprint density at radius 1 is 0.486 bits per heavy atom. The van der Waals surface area contributed by atoms with E-state index in [9.17, 15) is 0 Å². The number of benzene rings is 5. The number of hydrogen-bond donors (Lipinski definition) is 0. The molecule has 0 saturated carbocycles. The minimum absolute atomic E-state index is 1.13. The van der Waals surface area contributed by atoms with Crippen LogP contribution in [0, 0.1) is 0 Å². The molecule has 0 aliphatic rings. The van der Waals surface area contributed by atoms with Crippen LogP contribution in [0.15, 0.2) is 133 Å². The normalized spacial score (nSPS) is 11.4. The van der Waals surface area contributed by atoms with Crippen LogP contribution < -0.4 is 4.90 Å². The summed E-state index contributed by atoms with van der Waals surface area (Å²) in [5, 5.41) is 6.08. The van der Waals surface area contributed by atoms with Gasteiger partial charge < -0.3 is 9.47 Å². The maximum atomic E-state index is 2.42. The third kappa shape index (κ3) is 3.24. The van der Waals surface area contributed by atoms with Crippen LogP contribution in [0.2, 0.25) is 0 Å². The van der Waals surface area contributed by atoms with Gasteiger partial charge in [-0.15, -0.1) is 11.3 Å². The third-order valence-corrected chi connectivity index (χ3v) is 7.54. The van der Waals surface area contributed by atoms with E-state index in [1.165, 1.54) is 37.6 Å². The molecule has 3 heteroatoms. The van der Waals surface area contributed by atoms with Gasteiger partial charge in [0.2, 0.25) is 0 Å². The zero-order valence-corrected chi connectivity index (χ0v) is 19.8. The van der Waals surface area contributed by atoms with Crippen LogP contribution in [0.25, 0.3) is 37.6 Å². The first-order valence-electron chi connectivity index (χ1n) is 11.8. The average Bonchev–Trinajstić information content (AvgIpc) is 3.53. The molecular weight excluding hydrogens is 444 g/mol. The number of nitrogens with zero attached hydrogens (tertiary/aromatic N) is 2. The predicted octanol–water partition coefficient (Wildman–Crippen LogP) is 9.47. The van der Waals surface area contributed by atoms with Crippen LogP contribution in [-0.2, 0) is 0 Å². The van der Waals surface area contributed by atoms with E-state index < -0.39 is 0 Å². The Morgan fingerprint density at radius 2 is 1.11 bits per heavy atom. The van der Waals surface area contributed by atoms with Crippen LogP contribution in [0.5, 0.6) is 0 Å². The monoisotopic (exact) mass is 466 g/mol. The van der Waals surface area contributed by atoms with Crippen molar-refractivity contribution in [1.29, 1.82) is 0 Å². The smallest absolute Gasteiger partial charge is 0.0627 e. The first kappa shape index (κ1) is 20.1. The second kappa shape index (κ2) is 8.15. The van der Waals surface area contributed by atoms with Crippen molar-refractivity contribution < 1.29 is 0 Å². The molecule has 0 aliphatic heterocycles. The Balaban J connectivity index is 1.43. The topological polar surface area (TPSA) is 8.17 Å². The Hall–Kier alpha value is -4.34. The summed E-state index contributed by atoms with van der Waals surface area (Å²) in [6.45, 7) is 0. The van der Waals surface area contributed by atoms with E-state index in [1.54, 1.807) is 11.3 Å². The SMILES string of the molecule is c1ccc(N(c2ccccc2)c2ccc(-n3c4ccccc4c4ccc5sccc5c43)cc2)cc1. The molecule has 5 aromatic carbocycles. The fraction of sp³-hybridized carbons (Fsp3) is 0. The highest BCUT2D eigenvalue weighted by Crippen LogP contribution is 2.39. The van der Waals surface area contributed by atoms with Gasteiger partial charge in [0.25, 0.3) is 0 Å². The summed E-state index contributed by atoms with van der Waals surface area (Å²) < 4.78 is 3.73. The van der Waals surface area contributed by atoms with Crippen molar-refractivity contribution in [1.82, 2.24) is 4.57 Å². The Morgan fingerprint density at radius 3 is 1.83 bits per heavy atom. The molecule has 0 bridgehead atoms. The lowest BCUT2D eigenvalue weighted by Crippen LogP contribution is -2.09. The van der Waals surface area contributed by atoms with Gasteiger partial charge in [-0.3, -0.25) is 0 Å². The minimum atomic E-state index is 1.13. The van der Waals surface area contributed by atoms with Gasteiger partial charge in [-0.2, -0.15) is 0 Å². The molecule has 0 radical (unpaired) electrons. The van der Waals surface area contributed by atoms with E-state index in [0.29, 0.717) is 0 Å². The third-order valence-electron chi connectivity index (χ3n) is 6.66. The average molecular weight is 467 g/mol. The Labute approximate surface area is 207 Å². The highest BCUT2D eigenvalue weighted by Gasteiger charge is 2.16. The molecular formula is C32H22N2S. The predicted molar refractivity (Wildman–Crippen MR) is 151 cm³/mol. The molecule has 2 heterocycles. The summed E-state index contributed by atoms with van der Waals surface area (Å²) in [6, 6.07) is 45.5. The fourth-order valence-corrected chi connectivity index (χ4v) is 5.91. The van der Waals surface area contributed by atoms with Crippen LogP contribution in [0.4, 0.5) is 17.1 Å². The molecule has 2 nitrogen and oxygen atoms in total. The van der Waals surface area contributed by atoms with Gasteiger partial charge in [-0.05, 0) is 72.1 Å². The quantitative estimate of drug-likeness (QED) is 0.251. The maximum Gasteiger partial charge on any atom is 0.0627 e. The molecule has 0 spiro atoms. The van der Waals surface area contributed by atoms with Crippen molar-refractivity contribution in [3.8, 4) is 5.69 Å². The van der Waals surface area contributed by atoms with Crippen LogP contribution in [-0.4, -0.2) is 4.57 Å². The molecule has 0 N–H and O–H groups in total. The van der Waals surface area contributed by atoms with Crippen molar-refractivity contribution >= 4 is 60.3 Å². The first-order chi connectivity index (χ1) is 17.4. The molecule has 2 aromatic heterocycles. The van der Waals surface area contributed by atoms with Gasteiger partial charge in [-0.25, -0.2) is 0 Å². The molecule has 0 fully saturated rings. The number of thiophene rings is 1. The van der Waals surface area contributed by atoms with Gasteiger partial charge in [0.1, 0.15) is 0 Å². The van der Waals surface area contributed by atoms with Crippen molar-refractivity contribution in [3.05, 3.63) is 133 Å². The van der Waals surface area contributed by atoms with Crippen molar-refractivity contribution in [3.63, 3.8) is 0 Å². The highest BCUT2D eigenvalue weighted by molar-refractivity contribution is 7.17.